The van der Waals surface area contributed by atoms with Crippen LogP contribution in [0.1, 0.15) is 22.6 Å². The summed E-state index contributed by atoms with van der Waals surface area (Å²) in [6, 6.07) is 0. The molecule has 2 rings (SSSR count). The van der Waals surface area contributed by atoms with Crippen LogP contribution in [-0.4, -0.2) is 36.6 Å². The maximum absolute atomic E-state index is 11.6. The van der Waals surface area contributed by atoms with Gasteiger partial charge in [-0.25, -0.2) is 4.98 Å². The summed E-state index contributed by atoms with van der Waals surface area (Å²) in [6.07, 6.45) is 3.98. The highest BCUT2D eigenvalue weighted by Crippen LogP contribution is 2.09. The van der Waals surface area contributed by atoms with Gasteiger partial charge < -0.3 is 10.1 Å². The molecule has 0 aliphatic carbocycles. The van der Waals surface area contributed by atoms with Gasteiger partial charge in [0.25, 0.3) is 0 Å². The van der Waals surface area contributed by atoms with Gasteiger partial charge >= 0.3 is 0 Å². The Morgan fingerprint density at radius 2 is 2.67 bits per heavy atom. The molecule has 1 fully saturated rings. The molecule has 1 aliphatic heterocycles. The molecule has 1 aromatic heterocycles. The third-order valence-corrected chi connectivity index (χ3v) is 3.19. The number of nitrogens with one attached hydrogen (secondary N) is 1. The SMILES string of the molecule is O=C(CO[C@H]1CCCNC1)c1nccs1. The molecule has 82 valence electrons. The number of nitrogens with zero attached hydrogens (tertiary/aromatic N) is 1. The number of ketones is 1. The molecule has 0 spiro atoms. The molecule has 5 heteroatoms. The summed E-state index contributed by atoms with van der Waals surface area (Å²) in [5.41, 5.74) is 0. The summed E-state index contributed by atoms with van der Waals surface area (Å²) < 4.78 is 5.52. The van der Waals surface area contributed by atoms with Gasteiger partial charge in [0.05, 0.1) is 6.10 Å². The molecule has 1 atom stereocenters. The third kappa shape index (κ3) is 3.09. The number of thiazole rings is 1. The molecule has 4 nitrogen and oxygen atoms in total. The van der Waals surface area contributed by atoms with Crippen LogP contribution in [0.2, 0.25) is 0 Å². The molecule has 0 bridgehead atoms. The normalized spacial score (nSPS) is 21.5. The fourth-order valence-corrected chi connectivity index (χ4v) is 2.14. The van der Waals surface area contributed by atoms with E-state index in [-0.39, 0.29) is 18.5 Å². The van der Waals surface area contributed by atoms with Crippen LogP contribution in [-0.2, 0) is 4.74 Å². The Bertz CT molecular complexity index is 307. The zero-order valence-corrected chi connectivity index (χ0v) is 9.26. The van der Waals surface area contributed by atoms with Crippen molar-refractivity contribution >= 4 is 17.1 Å². The molecule has 15 heavy (non-hydrogen) atoms. The summed E-state index contributed by atoms with van der Waals surface area (Å²) in [6.45, 7) is 2.06. The zero-order valence-electron chi connectivity index (χ0n) is 8.44. The van der Waals surface area contributed by atoms with Gasteiger partial charge in [0.2, 0.25) is 5.78 Å². The molecule has 0 radical (unpaired) electrons. The standard InChI is InChI=1S/C10H14N2O2S/c13-9(10-12-4-5-15-10)7-14-8-2-1-3-11-6-8/h4-5,8,11H,1-3,6-7H2/t8-/m0/s1. The van der Waals surface area contributed by atoms with E-state index in [4.69, 9.17) is 4.74 Å². The molecule has 2 heterocycles. The van der Waals surface area contributed by atoms with E-state index in [0.717, 1.165) is 25.9 Å². The fourth-order valence-electron chi connectivity index (χ4n) is 1.58. The highest BCUT2D eigenvalue weighted by Gasteiger charge is 2.16. The minimum absolute atomic E-state index is 0.0180. The van der Waals surface area contributed by atoms with Crippen molar-refractivity contribution in [2.75, 3.05) is 19.7 Å². The molecular formula is C10H14N2O2S. The van der Waals surface area contributed by atoms with Gasteiger partial charge in [0.1, 0.15) is 6.61 Å². The summed E-state index contributed by atoms with van der Waals surface area (Å²) in [4.78, 5) is 15.5. The minimum atomic E-state index is -0.0180. The molecule has 0 unspecified atom stereocenters. The number of aromatic nitrogens is 1. The summed E-state index contributed by atoms with van der Waals surface area (Å²) in [5, 5.41) is 5.59. The molecular weight excluding hydrogens is 212 g/mol. The lowest BCUT2D eigenvalue weighted by molar-refractivity contribution is 0.0347. The first-order valence-electron chi connectivity index (χ1n) is 5.11. The average molecular weight is 226 g/mol. The first-order chi connectivity index (χ1) is 7.36. The van der Waals surface area contributed by atoms with Crippen LogP contribution in [0.4, 0.5) is 0 Å². The first-order valence-corrected chi connectivity index (χ1v) is 5.99. The number of piperidine rings is 1. The van der Waals surface area contributed by atoms with Crippen LogP contribution in [0.15, 0.2) is 11.6 Å². The van der Waals surface area contributed by atoms with Crippen LogP contribution in [0.3, 0.4) is 0 Å². The topological polar surface area (TPSA) is 51.2 Å². The molecule has 0 aromatic carbocycles. The van der Waals surface area contributed by atoms with Gasteiger partial charge in [-0.15, -0.1) is 11.3 Å². The number of hydrogen-bond acceptors (Lipinski definition) is 5. The van der Waals surface area contributed by atoms with E-state index in [9.17, 15) is 4.79 Å². The Balaban J connectivity index is 1.75. The number of carbonyl (C=O) groups excluding carboxylic acids is 1. The lowest BCUT2D eigenvalue weighted by Gasteiger charge is -2.22. The van der Waals surface area contributed by atoms with Crippen molar-refractivity contribution in [3.05, 3.63) is 16.6 Å². The Morgan fingerprint density at radius 3 is 3.33 bits per heavy atom. The van der Waals surface area contributed by atoms with Crippen molar-refractivity contribution < 1.29 is 9.53 Å². The second-order valence-electron chi connectivity index (χ2n) is 3.54. The number of rotatable bonds is 4. The Hall–Kier alpha value is -0.780. The van der Waals surface area contributed by atoms with Crippen LogP contribution in [0.5, 0.6) is 0 Å². The lowest BCUT2D eigenvalue weighted by Crippen LogP contribution is -2.36. The summed E-state index contributed by atoms with van der Waals surface area (Å²) in [5.74, 6) is -0.0180. The maximum Gasteiger partial charge on any atom is 0.216 e. The Labute approximate surface area is 92.7 Å². The van der Waals surface area contributed by atoms with E-state index in [1.54, 1.807) is 11.6 Å². The Kier molecular flexibility index (Phi) is 3.82. The third-order valence-electron chi connectivity index (χ3n) is 2.37. The zero-order chi connectivity index (χ0) is 10.5. The van der Waals surface area contributed by atoms with E-state index in [1.165, 1.54) is 11.3 Å². The van der Waals surface area contributed by atoms with Crippen LogP contribution in [0.25, 0.3) is 0 Å². The van der Waals surface area contributed by atoms with Gasteiger partial charge in [0.15, 0.2) is 5.01 Å². The van der Waals surface area contributed by atoms with Crippen LogP contribution >= 0.6 is 11.3 Å². The number of Topliss-reactive ketones (excluding diaryl/α,β-unsaturated/α-hetero) is 1. The quantitative estimate of drug-likeness (QED) is 0.781. The van der Waals surface area contributed by atoms with Crippen LogP contribution < -0.4 is 5.32 Å². The van der Waals surface area contributed by atoms with Crippen molar-refractivity contribution in [1.29, 1.82) is 0 Å². The van der Waals surface area contributed by atoms with E-state index < -0.39 is 0 Å². The Morgan fingerprint density at radius 1 is 1.73 bits per heavy atom. The van der Waals surface area contributed by atoms with Gasteiger partial charge in [-0.1, -0.05) is 0 Å². The predicted octanol–water partition coefficient (Wildman–Crippen LogP) is 1.09. The van der Waals surface area contributed by atoms with Crippen molar-refractivity contribution in [1.82, 2.24) is 10.3 Å². The second-order valence-corrected chi connectivity index (χ2v) is 4.43. The van der Waals surface area contributed by atoms with Crippen LogP contribution in [0, 0.1) is 0 Å². The van der Waals surface area contributed by atoms with E-state index >= 15 is 0 Å². The summed E-state index contributed by atoms with van der Waals surface area (Å²) >= 11 is 1.36. The van der Waals surface area contributed by atoms with Crippen molar-refractivity contribution in [2.45, 2.75) is 18.9 Å². The van der Waals surface area contributed by atoms with Crippen molar-refractivity contribution in [3.63, 3.8) is 0 Å². The average Bonchev–Trinajstić information content (AvgIpc) is 2.81. The number of ether oxygens (including phenoxy) is 1. The fraction of sp³-hybridized carbons (Fsp3) is 0.600. The smallest absolute Gasteiger partial charge is 0.216 e. The molecule has 1 saturated heterocycles. The molecule has 1 aliphatic rings. The highest BCUT2D eigenvalue weighted by atomic mass is 32.1. The highest BCUT2D eigenvalue weighted by molar-refractivity contribution is 7.11. The predicted molar refractivity (Wildman–Crippen MR) is 58.3 cm³/mol. The minimum Gasteiger partial charge on any atom is -0.369 e. The monoisotopic (exact) mass is 226 g/mol. The molecule has 1 N–H and O–H groups in total. The largest absolute Gasteiger partial charge is 0.369 e. The summed E-state index contributed by atoms with van der Waals surface area (Å²) in [7, 11) is 0. The van der Waals surface area contributed by atoms with E-state index in [0.29, 0.717) is 5.01 Å². The van der Waals surface area contributed by atoms with Crippen molar-refractivity contribution in [2.24, 2.45) is 0 Å². The van der Waals surface area contributed by atoms with Gasteiger partial charge in [-0.05, 0) is 19.4 Å². The van der Waals surface area contributed by atoms with Crippen molar-refractivity contribution in [3.8, 4) is 0 Å². The van der Waals surface area contributed by atoms with E-state index in [2.05, 4.69) is 10.3 Å². The van der Waals surface area contributed by atoms with Gasteiger partial charge in [-0.3, -0.25) is 4.79 Å². The van der Waals surface area contributed by atoms with Gasteiger partial charge in [-0.2, -0.15) is 0 Å². The number of carbonyl (C=O) groups is 1. The maximum atomic E-state index is 11.6. The van der Waals surface area contributed by atoms with Gasteiger partial charge in [0, 0.05) is 18.1 Å². The number of hydrogen-bond donors (Lipinski definition) is 1. The first kappa shape index (κ1) is 10.7. The van der Waals surface area contributed by atoms with E-state index in [1.807, 2.05) is 0 Å². The molecule has 0 saturated carbocycles. The second kappa shape index (κ2) is 5.34. The molecule has 1 aromatic rings. The lowest BCUT2D eigenvalue weighted by atomic mass is 10.1. The molecule has 0 amide bonds.